The third-order valence-corrected chi connectivity index (χ3v) is 2.63. The van der Waals surface area contributed by atoms with Crippen LogP contribution in [0.4, 0.5) is 13.2 Å². The second-order valence-corrected chi connectivity index (χ2v) is 3.89. The number of rotatable bonds is 0. The molecular formula is C10H5BrF3N. The van der Waals surface area contributed by atoms with Gasteiger partial charge in [-0.15, -0.1) is 0 Å². The minimum atomic E-state index is -4.34. The number of nitrogens with zero attached hydrogens (tertiary/aromatic N) is 1. The molecular weight excluding hydrogens is 271 g/mol. The van der Waals surface area contributed by atoms with E-state index in [2.05, 4.69) is 20.9 Å². The van der Waals surface area contributed by atoms with Crippen molar-refractivity contribution in [3.63, 3.8) is 0 Å². The number of hydrogen-bond donors (Lipinski definition) is 0. The Morgan fingerprint density at radius 2 is 1.93 bits per heavy atom. The van der Waals surface area contributed by atoms with Crippen LogP contribution < -0.4 is 0 Å². The minimum Gasteiger partial charge on any atom is -0.254 e. The lowest BCUT2D eigenvalue weighted by atomic mass is 10.1. The molecule has 0 fully saturated rings. The Bertz CT molecular complexity index is 507. The molecule has 0 aliphatic carbocycles. The summed E-state index contributed by atoms with van der Waals surface area (Å²) in [7, 11) is 0. The van der Waals surface area contributed by atoms with E-state index in [-0.39, 0.29) is 0 Å². The van der Waals surface area contributed by atoms with Gasteiger partial charge in [-0.25, -0.2) is 0 Å². The first-order valence-corrected chi connectivity index (χ1v) is 4.89. The molecule has 0 aliphatic heterocycles. The standard InChI is InChI=1S/C10H5BrF3N/c11-8-3-1-2-6-4-7(10(12,13)14)5-15-9(6)8/h1-5H. The zero-order valence-electron chi connectivity index (χ0n) is 7.35. The van der Waals surface area contributed by atoms with Crippen molar-refractivity contribution in [3.05, 3.63) is 40.5 Å². The number of para-hydroxylation sites is 1. The van der Waals surface area contributed by atoms with Crippen LogP contribution in [-0.2, 0) is 6.18 Å². The molecule has 78 valence electrons. The molecule has 1 aromatic carbocycles. The van der Waals surface area contributed by atoms with E-state index in [0.717, 1.165) is 12.3 Å². The van der Waals surface area contributed by atoms with Crippen molar-refractivity contribution in [3.8, 4) is 0 Å². The molecule has 2 rings (SSSR count). The third-order valence-electron chi connectivity index (χ3n) is 1.99. The lowest BCUT2D eigenvalue weighted by Crippen LogP contribution is -2.05. The fourth-order valence-electron chi connectivity index (χ4n) is 1.28. The van der Waals surface area contributed by atoms with Crippen molar-refractivity contribution in [2.75, 3.05) is 0 Å². The van der Waals surface area contributed by atoms with E-state index in [9.17, 15) is 13.2 Å². The monoisotopic (exact) mass is 275 g/mol. The van der Waals surface area contributed by atoms with Crippen molar-refractivity contribution in [1.29, 1.82) is 0 Å². The Kier molecular flexibility index (Phi) is 2.42. The maximum Gasteiger partial charge on any atom is 0.417 e. The summed E-state index contributed by atoms with van der Waals surface area (Å²) >= 11 is 3.23. The summed E-state index contributed by atoms with van der Waals surface area (Å²) in [4.78, 5) is 3.78. The summed E-state index contributed by atoms with van der Waals surface area (Å²) in [5.41, 5.74) is -0.196. The number of hydrogen-bond acceptors (Lipinski definition) is 1. The van der Waals surface area contributed by atoms with Gasteiger partial charge in [0.15, 0.2) is 0 Å². The van der Waals surface area contributed by atoms with Crippen LogP contribution in [0.2, 0.25) is 0 Å². The minimum absolute atomic E-state index is 0.471. The smallest absolute Gasteiger partial charge is 0.254 e. The van der Waals surface area contributed by atoms with Gasteiger partial charge in [0.2, 0.25) is 0 Å². The molecule has 0 N–H and O–H groups in total. The van der Waals surface area contributed by atoms with E-state index in [1.54, 1.807) is 18.2 Å². The fraction of sp³-hybridized carbons (Fsp3) is 0.100. The van der Waals surface area contributed by atoms with Gasteiger partial charge < -0.3 is 0 Å². The highest BCUT2D eigenvalue weighted by Gasteiger charge is 2.31. The molecule has 2 aromatic rings. The van der Waals surface area contributed by atoms with E-state index in [0.29, 0.717) is 15.4 Å². The van der Waals surface area contributed by atoms with Gasteiger partial charge in [-0.3, -0.25) is 4.98 Å². The topological polar surface area (TPSA) is 12.9 Å². The van der Waals surface area contributed by atoms with Crippen LogP contribution in [0.25, 0.3) is 10.9 Å². The Morgan fingerprint density at radius 3 is 2.60 bits per heavy atom. The second-order valence-electron chi connectivity index (χ2n) is 3.03. The summed E-state index contributed by atoms with van der Waals surface area (Å²) in [6, 6.07) is 6.10. The Hall–Kier alpha value is -1.10. The first-order chi connectivity index (χ1) is 6.98. The van der Waals surface area contributed by atoms with Gasteiger partial charge >= 0.3 is 6.18 Å². The normalized spacial score (nSPS) is 12.0. The third kappa shape index (κ3) is 1.97. The van der Waals surface area contributed by atoms with Crippen molar-refractivity contribution in [2.24, 2.45) is 0 Å². The highest BCUT2D eigenvalue weighted by Crippen LogP contribution is 2.31. The van der Waals surface area contributed by atoms with Crippen LogP contribution in [0.3, 0.4) is 0 Å². The molecule has 0 spiro atoms. The Morgan fingerprint density at radius 1 is 1.20 bits per heavy atom. The molecule has 0 unspecified atom stereocenters. The maximum absolute atomic E-state index is 12.4. The van der Waals surface area contributed by atoms with Crippen LogP contribution in [-0.4, -0.2) is 4.98 Å². The lowest BCUT2D eigenvalue weighted by Gasteiger charge is -2.07. The van der Waals surface area contributed by atoms with Gasteiger partial charge in [0.1, 0.15) is 0 Å². The predicted octanol–water partition coefficient (Wildman–Crippen LogP) is 4.02. The summed E-state index contributed by atoms with van der Waals surface area (Å²) in [5, 5.41) is 0.471. The number of alkyl halides is 3. The number of aromatic nitrogens is 1. The molecule has 0 aliphatic rings. The number of benzene rings is 1. The second kappa shape index (κ2) is 3.48. The lowest BCUT2D eigenvalue weighted by molar-refractivity contribution is -0.137. The van der Waals surface area contributed by atoms with E-state index in [1.807, 2.05) is 0 Å². The number of fused-ring (bicyclic) bond motifs is 1. The largest absolute Gasteiger partial charge is 0.417 e. The maximum atomic E-state index is 12.4. The van der Waals surface area contributed by atoms with Crippen LogP contribution >= 0.6 is 15.9 Å². The molecule has 0 bridgehead atoms. The van der Waals surface area contributed by atoms with Gasteiger partial charge in [-0.1, -0.05) is 12.1 Å². The molecule has 0 amide bonds. The van der Waals surface area contributed by atoms with Gasteiger partial charge in [0, 0.05) is 16.1 Å². The van der Waals surface area contributed by atoms with E-state index in [4.69, 9.17) is 0 Å². The van der Waals surface area contributed by atoms with Crippen LogP contribution in [0.15, 0.2) is 34.9 Å². The quantitative estimate of drug-likeness (QED) is 0.708. The average molecular weight is 276 g/mol. The molecule has 0 saturated heterocycles. The molecule has 0 atom stereocenters. The van der Waals surface area contributed by atoms with Crippen molar-refractivity contribution < 1.29 is 13.2 Å². The van der Waals surface area contributed by atoms with Crippen LogP contribution in [0.5, 0.6) is 0 Å². The van der Waals surface area contributed by atoms with Crippen molar-refractivity contribution in [1.82, 2.24) is 4.98 Å². The number of halogens is 4. The SMILES string of the molecule is FC(F)(F)c1cnc2c(Br)cccc2c1. The van der Waals surface area contributed by atoms with Crippen molar-refractivity contribution >= 4 is 26.8 Å². The fourth-order valence-corrected chi connectivity index (χ4v) is 1.76. The summed E-state index contributed by atoms with van der Waals surface area (Å²) in [5.74, 6) is 0. The molecule has 15 heavy (non-hydrogen) atoms. The van der Waals surface area contributed by atoms with Gasteiger partial charge in [-0.05, 0) is 28.1 Å². The van der Waals surface area contributed by atoms with Crippen LogP contribution in [0.1, 0.15) is 5.56 Å². The Labute approximate surface area is 92.1 Å². The van der Waals surface area contributed by atoms with E-state index < -0.39 is 11.7 Å². The van der Waals surface area contributed by atoms with Gasteiger partial charge in [-0.2, -0.15) is 13.2 Å². The first-order valence-electron chi connectivity index (χ1n) is 4.10. The highest BCUT2D eigenvalue weighted by molar-refractivity contribution is 9.10. The van der Waals surface area contributed by atoms with Gasteiger partial charge in [0.25, 0.3) is 0 Å². The van der Waals surface area contributed by atoms with Gasteiger partial charge in [0.05, 0.1) is 11.1 Å². The van der Waals surface area contributed by atoms with E-state index in [1.165, 1.54) is 0 Å². The summed E-state index contributed by atoms with van der Waals surface area (Å²) in [6.07, 6.45) is -3.50. The number of pyridine rings is 1. The average Bonchev–Trinajstić information content (AvgIpc) is 2.16. The molecule has 0 saturated carbocycles. The predicted molar refractivity (Wildman–Crippen MR) is 54.4 cm³/mol. The molecule has 1 heterocycles. The molecule has 0 radical (unpaired) electrons. The first kappa shape index (κ1) is 10.4. The van der Waals surface area contributed by atoms with E-state index >= 15 is 0 Å². The van der Waals surface area contributed by atoms with Crippen LogP contribution in [0, 0.1) is 0 Å². The zero-order valence-corrected chi connectivity index (χ0v) is 8.93. The molecule has 5 heteroatoms. The zero-order chi connectivity index (χ0) is 11.1. The molecule has 1 aromatic heterocycles. The highest BCUT2D eigenvalue weighted by atomic mass is 79.9. The molecule has 1 nitrogen and oxygen atoms in total. The van der Waals surface area contributed by atoms with Crippen molar-refractivity contribution in [2.45, 2.75) is 6.18 Å². The summed E-state index contributed by atoms with van der Waals surface area (Å²) in [6.45, 7) is 0. The summed E-state index contributed by atoms with van der Waals surface area (Å²) < 4.78 is 37.8. The Balaban J connectivity index is 2.68.